The molecule has 142 valence electrons. The number of unbranched alkanes of at least 4 members (excludes halogenated alkanes) is 1. The second-order valence-electron chi connectivity index (χ2n) is 6.15. The third kappa shape index (κ3) is 5.17. The number of nitrogens with zero attached hydrogens (tertiary/aromatic N) is 1. The Morgan fingerprint density at radius 1 is 1.04 bits per heavy atom. The number of amides is 2. The van der Waals surface area contributed by atoms with E-state index in [0.29, 0.717) is 23.4 Å². The van der Waals surface area contributed by atoms with Crippen molar-refractivity contribution < 1.29 is 19.1 Å². The van der Waals surface area contributed by atoms with E-state index < -0.39 is 11.9 Å². The number of anilines is 1. The molecule has 2 aromatic carbocycles. The van der Waals surface area contributed by atoms with Crippen molar-refractivity contribution in [3.8, 4) is 0 Å². The van der Waals surface area contributed by atoms with Gasteiger partial charge < -0.3 is 15.0 Å². The predicted octanol–water partition coefficient (Wildman–Crippen LogP) is 3.60. The third-order valence-corrected chi connectivity index (χ3v) is 4.15. The lowest BCUT2D eigenvalue weighted by Crippen LogP contribution is -2.28. The second-order valence-corrected chi connectivity index (χ2v) is 6.15. The van der Waals surface area contributed by atoms with Gasteiger partial charge in [-0.3, -0.25) is 9.59 Å². The summed E-state index contributed by atoms with van der Waals surface area (Å²) >= 11 is 0. The van der Waals surface area contributed by atoms with Crippen LogP contribution in [0.2, 0.25) is 0 Å². The SMILES string of the molecule is CCCCN(C)C(=O)c1cccc(C(=O)Nc2ccccc2C(=O)OC)c1. The Labute approximate surface area is 159 Å². The lowest BCUT2D eigenvalue weighted by molar-refractivity contribution is 0.0601. The van der Waals surface area contributed by atoms with E-state index in [9.17, 15) is 14.4 Å². The van der Waals surface area contributed by atoms with E-state index in [2.05, 4.69) is 12.2 Å². The summed E-state index contributed by atoms with van der Waals surface area (Å²) in [7, 11) is 3.03. The molecule has 6 heteroatoms. The van der Waals surface area contributed by atoms with E-state index >= 15 is 0 Å². The fraction of sp³-hybridized carbons (Fsp3) is 0.286. The van der Waals surface area contributed by atoms with Gasteiger partial charge in [0.1, 0.15) is 0 Å². The number of nitrogens with one attached hydrogen (secondary N) is 1. The number of methoxy groups -OCH3 is 1. The van der Waals surface area contributed by atoms with Gasteiger partial charge in [-0.25, -0.2) is 4.79 Å². The van der Waals surface area contributed by atoms with E-state index in [1.807, 2.05) is 0 Å². The molecule has 0 aliphatic carbocycles. The van der Waals surface area contributed by atoms with E-state index in [-0.39, 0.29) is 11.5 Å². The number of para-hydroxylation sites is 1. The van der Waals surface area contributed by atoms with Crippen molar-refractivity contribution >= 4 is 23.5 Å². The molecule has 1 N–H and O–H groups in total. The van der Waals surface area contributed by atoms with Crippen LogP contribution in [0, 0.1) is 0 Å². The van der Waals surface area contributed by atoms with Gasteiger partial charge in [0.05, 0.1) is 18.4 Å². The molecule has 2 rings (SSSR count). The molecular formula is C21H24N2O4. The lowest BCUT2D eigenvalue weighted by Gasteiger charge is -2.17. The zero-order valence-corrected chi connectivity index (χ0v) is 15.8. The molecule has 0 atom stereocenters. The standard InChI is InChI=1S/C21H24N2O4/c1-4-5-13-23(2)20(25)16-10-8-9-15(14-16)19(24)22-18-12-7-6-11-17(18)21(26)27-3/h6-12,14H,4-5,13H2,1-3H3,(H,22,24). The van der Waals surface area contributed by atoms with Crippen molar-refractivity contribution in [2.24, 2.45) is 0 Å². The van der Waals surface area contributed by atoms with Crippen LogP contribution >= 0.6 is 0 Å². The monoisotopic (exact) mass is 368 g/mol. The van der Waals surface area contributed by atoms with E-state index in [4.69, 9.17) is 4.74 Å². The van der Waals surface area contributed by atoms with E-state index in [0.717, 1.165) is 12.8 Å². The van der Waals surface area contributed by atoms with Crippen molar-refractivity contribution in [3.05, 3.63) is 65.2 Å². The first-order valence-electron chi connectivity index (χ1n) is 8.82. The Morgan fingerprint density at radius 2 is 1.74 bits per heavy atom. The predicted molar refractivity (Wildman–Crippen MR) is 104 cm³/mol. The Balaban J connectivity index is 2.19. The van der Waals surface area contributed by atoms with E-state index in [1.165, 1.54) is 7.11 Å². The van der Waals surface area contributed by atoms with Crippen molar-refractivity contribution in [3.63, 3.8) is 0 Å². The molecule has 0 spiro atoms. The Bertz CT molecular complexity index is 832. The van der Waals surface area contributed by atoms with Gasteiger partial charge in [-0.2, -0.15) is 0 Å². The van der Waals surface area contributed by atoms with Gasteiger partial charge >= 0.3 is 5.97 Å². The summed E-state index contributed by atoms with van der Waals surface area (Å²) in [5.41, 5.74) is 1.40. The van der Waals surface area contributed by atoms with Crippen LogP contribution in [0.25, 0.3) is 0 Å². The van der Waals surface area contributed by atoms with Gasteiger partial charge in [0.2, 0.25) is 0 Å². The summed E-state index contributed by atoms with van der Waals surface area (Å²) < 4.78 is 4.73. The maximum absolute atomic E-state index is 12.6. The van der Waals surface area contributed by atoms with Gasteiger partial charge in [0.15, 0.2) is 0 Å². The highest BCUT2D eigenvalue weighted by Crippen LogP contribution is 2.18. The maximum atomic E-state index is 12.6. The topological polar surface area (TPSA) is 75.7 Å². The highest BCUT2D eigenvalue weighted by molar-refractivity contribution is 6.09. The van der Waals surface area contributed by atoms with Crippen molar-refractivity contribution in [2.45, 2.75) is 19.8 Å². The molecule has 0 bridgehead atoms. The van der Waals surface area contributed by atoms with Crippen LogP contribution in [0.4, 0.5) is 5.69 Å². The fourth-order valence-corrected chi connectivity index (χ4v) is 2.59. The first-order chi connectivity index (χ1) is 13.0. The van der Waals surface area contributed by atoms with Crippen molar-refractivity contribution in [2.75, 3.05) is 26.0 Å². The number of hydrogen-bond donors (Lipinski definition) is 1. The summed E-state index contributed by atoms with van der Waals surface area (Å²) in [6.07, 6.45) is 1.92. The quantitative estimate of drug-likeness (QED) is 0.758. The highest BCUT2D eigenvalue weighted by Gasteiger charge is 2.16. The molecule has 0 aromatic heterocycles. The van der Waals surface area contributed by atoms with Crippen LogP contribution in [0.1, 0.15) is 50.8 Å². The molecule has 0 aliphatic heterocycles. The number of rotatable bonds is 7. The Morgan fingerprint density at radius 3 is 2.44 bits per heavy atom. The summed E-state index contributed by atoms with van der Waals surface area (Å²) in [4.78, 5) is 38.6. The van der Waals surface area contributed by atoms with Crippen LogP contribution in [-0.2, 0) is 4.74 Å². The van der Waals surface area contributed by atoms with Crippen molar-refractivity contribution in [1.82, 2.24) is 4.90 Å². The zero-order valence-electron chi connectivity index (χ0n) is 15.8. The van der Waals surface area contributed by atoms with Crippen LogP contribution in [0.3, 0.4) is 0 Å². The maximum Gasteiger partial charge on any atom is 0.339 e. The fourth-order valence-electron chi connectivity index (χ4n) is 2.59. The molecule has 27 heavy (non-hydrogen) atoms. The average molecular weight is 368 g/mol. The molecule has 0 aliphatic rings. The van der Waals surface area contributed by atoms with Crippen LogP contribution < -0.4 is 5.32 Å². The minimum atomic E-state index is -0.535. The average Bonchev–Trinajstić information content (AvgIpc) is 2.71. The summed E-state index contributed by atoms with van der Waals surface area (Å²) in [5, 5.41) is 2.71. The van der Waals surface area contributed by atoms with Crippen LogP contribution in [0.5, 0.6) is 0 Å². The van der Waals surface area contributed by atoms with Gasteiger partial charge in [0.25, 0.3) is 11.8 Å². The van der Waals surface area contributed by atoms with Crippen molar-refractivity contribution in [1.29, 1.82) is 0 Å². The number of carbonyl (C=O) groups is 3. The molecule has 0 saturated heterocycles. The van der Waals surface area contributed by atoms with Gasteiger partial charge in [-0.15, -0.1) is 0 Å². The molecule has 0 heterocycles. The molecule has 0 radical (unpaired) electrons. The largest absolute Gasteiger partial charge is 0.465 e. The molecule has 2 aromatic rings. The molecule has 6 nitrogen and oxygen atoms in total. The molecule has 2 amide bonds. The first-order valence-corrected chi connectivity index (χ1v) is 8.82. The normalized spacial score (nSPS) is 10.2. The highest BCUT2D eigenvalue weighted by atomic mass is 16.5. The summed E-state index contributed by atoms with van der Waals surface area (Å²) in [6, 6.07) is 13.1. The Kier molecular flexibility index (Phi) is 7.11. The number of carbonyl (C=O) groups excluding carboxylic acids is 3. The van der Waals surface area contributed by atoms with E-state index in [1.54, 1.807) is 60.5 Å². The summed E-state index contributed by atoms with van der Waals surface area (Å²) in [6.45, 7) is 2.73. The number of benzene rings is 2. The minimum Gasteiger partial charge on any atom is -0.465 e. The zero-order chi connectivity index (χ0) is 19.8. The van der Waals surface area contributed by atoms with Crippen LogP contribution in [-0.4, -0.2) is 43.4 Å². The number of hydrogen-bond acceptors (Lipinski definition) is 4. The number of ether oxygens (including phenoxy) is 1. The van der Waals surface area contributed by atoms with Gasteiger partial charge in [-0.1, -0.05) is 31.5 Å². The molecule has 0 saturated carbocycles. The summed E-state index contributed by atoms with van der Waals surface area (Å²) in [5.74, 6) is -1.07. The molecular weight excluding hydrogens is 344 g/mol. The first kappa shape index (κ1) is 20.2. The number of esters is 1. The van der Waals surface area contributed by atoms with Crippen LogP contribution in [0.15, 0.2) is 48.5 Å². The second kappa shape index (κ2) is 9.52. The lowest BCUT2D eigenvalue weighted by atomic mass is 10.1. The minimum absolute atomic E-state index is 0.131. The van der Waals surface area contributed by atoms with Gasteiger partial charge in [0, 0.05) is 24.7 Å². The smallest absolute Gasteiger partial charge is 0.339 e. The Hall–Kier alpha value is -3.15. The molecule has 0 unspecified atom stereocenters. The third-order valence-electron chi connectivity index (χ3n) is 4.15. The van der Waals surface area contributed by atoms with Gasteiger partial charge in [-0.05, 0) is 36.8 Å². The molecule has 0 fully saturated rings.